The number of nitrogens with one attached hydrogen (secondary N) is 1. The Balaban J connectivity index is 1.70. The van der Waals surface area contributed by atoms with Crippen molar-refractivity contribution in [2.75, 3.05) is 12.4 Å². The first kappa shape index (κ1) is 17.1. The predicted molar refractivity (Wildman–Crippen MR) is 104 cm³/mol. The maximum atomic E-state index is 6.20. The van der Waals surface area contributed by atoms with Crippen molar-refractivity contribution in [2.24, 2.45) is 0 Å². The lowest BCUT2D eigenvalue weighted by molar-refractivity contribution is 0.405. The molecule has 0 unspecified atom stereocenters. The number of aryl methyl sites for hydroxylation is 1. The molecule has 5 heteroatoms. The fourth-order valence-corrected chi connectivity index (χ4v) is 3.06. The van der Waals surface area contributed by atoms with Crippen molar-refractivity contribution < 1.29 is 4.74 Å². The first-order chi connectivity index (χ1) is 11.6. The minimum atomic E-state index is 0.521. The second-order valence-electron chi connectivity index (χ2n) is 6.10. The van der Waals surface area contributed by atoms with Gasteiger partial charge in [0.05, 0.1) is 7.11 Å². The zero-order chi connectivity index (χ0) is 17.1. The molecule has 0 radical (unpaired) electrons. The number of benzene rings is 2. The lowest BCUT2D eigenvalue weighted by atomic mass is 10.2. The molecule has 0 aliphatic heterocycles. The molecular formula is C19H21ClN2OS. The second kappa shape index (κ2) is 7.41. The topological polar surface area (TPSA) is 24.5 Å². The van der Waals surface area contributed by atoms with Crippen molar-refractivity contribution in [3.63, 3.8) is 0 Å². The highest BCUT2D eigenvalue weighted by molar-refractivity contribution is 7.80. The Bertz CT molecular complexity index is 729. The van der Waals surface area contributed by atoms with Gasteiger partial charge in [-0.2, -0.15) is 0 Å². The number of halogens is 1. The van der Waals surface area contributed by atoms with E-state index in [1.54, 1.807) is 7.11 Å². The van der Waals surface area contributed by atoms with E-state index in [0.29, 0.717) is 6.04 Å². The Labute approximate surface area is 153 Å². The Kier molecular flexibility index (Phi) is 5.27. The van der Waals surface area contributed by atoms with E-state index < -0.39 is 0 Å². The van der Waals surface area contributed by atoms with Crippen molar-refractivity contribution in [1.82, 2.24) is 4.90 Å². The zero-order valence-electron chi connectivity index (χ0n) is 13.9. The van der Waals surface area contributed by atoms with Crippen LogP contribution in [0.15, 0.2) is 42.5 Å². The summed E-state index contributed by atoms with van der Waals surface area (Å²) in [6.07, 6.45) is 2.37. The van der Waals surface area contributed by atoms with Gasteiger partial charge in [-0.3, -0.25) is 0 Å². The van der Waals surface area contributed by atoms with Crippen molar-refractivity contribution in [3.8, 4) is 5.75 Å². The average Bonchev–Trinajstić information content (AvgIpc) is 3.41. The highest BCUT2D eigenvalue weighted by Crippen LogP contribution is 2.30. The molecule has 0 bridgehead atoms. The number of hydrogen-bond acceptors (Lipinski definition) is 2. The van der Waals surface area contributed by atoms with E-state index in [1.807, 2.05) is 37.3 Å². The van der Waals surface area contributed by atoms with Crippen LogP contribution in [0.4, 0.5) is 5.69 Å². The van der Waals surface area contributed by atoms with Crippen molar-refractivity contribution >= 4 is 34.6 Å². The molecule has 0 atom stereocenters. The summed E-state index contributed by atoms with van der Waals surface area (Å²) in [5.74, 6) is 0.867. The highest BCUT2D eigenvalue weighted by atomic mass is 35.5. The number of methoxy groups -OCH3 is 1. The lowest BCUT2D eigenvalue weighted by Crippen LogP contribution is -2.36. The summed E-state index contributed by atoms with van der Waals surface area (Å²) in [5.41, 5.74) is 3.20. The third-order valence-electron chi connectivity index (χ3n) is 4.18. The van der Waals surface area contributed by atoms with Crippen molar-refractivity contribution in [2.45, 2.75) is 32.4 Å². The van der Waals surface area contributed by atoms with Crippen LogP contribution >= 0.6 is 23.8 Å². The summed E-state index contributed by atoms with van der Waals surface area (Å²) in [6.45, 7) is 2.78. The molecule has 0 heterocycles. The molecule has 1 N–H and O–H groups in total. The molecule has 2 aromatic rings. The zero-order valence-corrected chi connectivity index (χ0v) is 15.5. The van der Waals surface area contributed by atoms with E-state index in [2.05, 4.69) is 22.3 Å². The van der Waals surface area contributed by atoms with Crippen LogP contribution in [-0.4, -0.2) is 23.2 Å². The SMILES string of the molecule is COc1ccc(CN(C(=S)Nc2ccc(C)c(Cl)c2)C2CC2)cc1. The van der Waals surface area contributed by atoms with Crippen LogP contribution < -0.4 is 10.1 Å². The molecule has 0 amide bonds. The normalized spacial score (nSPS) is 13.5. The van der Waals surface area contributed by atoms with Crippen molar-refractivity contribution in [3.05, 3.63) is 58.6 Å². The van der Waals surface area contributed by atoms with Gasteiger partial charge in [0.25, 0.3) is 0 Å². The number of hydrogen-bond donors (Lipinski definition) is 1. The Morgan fingerprint density at radius 1 is 1.25 bits per heavy atom. The third-order valence-corrected chi connectivity index (χ3v) is 4.93. The largest absolute Gasteiger partial charge is 0.497 e. The van der Waals surface area contributed by atoms with Crippen LogP contribution in [0.1, 0.15) is 24.0 Å². The summed E-state index contributed by atoms with van der Waals surface area (Å²) >= 11 is 11.8. The third kappa shape index (κ3) is 4.19. The number of anilines is 1. The molecule has 126 valence electrons. The smallest absolute Gasteiger partial charge is 0.173 e. The van der Waals surface area contributed by atoms with E-state index in [-0.39, 0.29) is 0 Å². The van der Waals surface area contributed by atoms with Gasteiger partial charge in [0, 0.05) is 23.3 Å². The molecule has 3 rings (SSSR count). The summed E-state index contributed by atoms with van der Waals surface area (Å²) in [4.78, 5) is 2.25. The van der Waals surface area contributed by atoms with Crippen LogP contribution in [0, 0.1) is 6.92 Å². The summed E-state index contributed by atoms with van der Waals surface area (Å²) < 4.78 is 5.22. The van der Waals surface area contributed by atoms with Gasteiger partial charge in [0.1, 0.15) is 5.75 Å². The number of nitrogens with zero attached hydrogens (tertiary/aromatic N) is 1. The van der Waals surface area contributed by atoms with Gasteiger partial charge in [-0.1, -0.05) is 29.8 Å². The molecule has 1 aliphatic carbocycles. The van der Waals surface area contributed by atoms with Crippen molar-refractivity contribution in [1.29, 1.82) is 0 Å². The van der Waals surface area contributed by atoms with E-state index in [4.69, 9.17) is 28.6 Å². The molecule has 0 saturated heterocycles. The summed E-state index contributed by atoms with van der Waals surface area (Å²) in [6, 6.07) is 14.6. The van der Waals surface area contributed by atoms with Gasteiger partial charge in [-0.25, -0.2) is 0 Å². The number of thiocarbonyl (C=S) groups is 1. The second-order valence-corrected chi connectivity index (χ2v) is 6.90. The molecule has 0 aromatic heterocycles. The Morgan fingerprint density at radius 2 is 1.96 bits per heavy atom. The van der Waals surface area contributed by atoms with Crippen LogP contribution in [-0.2, 0) is 6.54 Å². The van der Waals surface area contributed by atoms with Crippen LogP contribution in [0.25, 0.3) is 0 Å². The molecule has 1 fully saturated rings. The van der Waals surface area contributed by atoms with E-state index >= 15 is 0 Å². The van der Waals surface area contributed by atoms with Gasteiger partial charge in [0.15, 0.2) is 5.11 Å². The minimum absolute atomic E-state index is 0.521. The monoisotopic (exact) mass is 360 g/mol. The van der Waals surface area contributed by atoms with E-state index in [1.165, 1.54) is 18.4 Å². The molecule has 1 saturated carbocycles. The fraction of sp³-hybridized carbons (Fsp3) is 0.316. The van der Waals surface area contributed by atoms with Gasteiger partial charge in [-0.15, -0.1) is 0 Å². The fourth-order valence-electron chi connectivity index (χ4n) is 2.55. The molecule has 3 nitrogen and oxygen atoms in total. The van der Waals surface area contributed by atoms with Gasteiger partial charge in [0.2, 0.25) is 0 Å². The summed E-state index contributed by atoms with van der Waals surface area (Å²) in [7, 11) is 1.68. The first-order valence-corrected chi connectivity index (χ1v) is 8.82. The molecule has 1 aliphatic rings. The number of rotatable bonds is 5. The molecular weight excluding hydrogens is 340 g/mol. The standard InChI is InChI=1S/C19H21ClN2OS/c1-13-3-6-15(11-18(13)20)21-19(24)22(16-7-8-16)12-14-4-9-17(23-2)10-5-14/h3-6,9-11,16H,7-8,12H2,1-2H3,(H,21,24). The van der Waals surface area contributed by atoms with Crippen LogP contribution in [0.2, 0.25) is 5.02 Å². The number of ether oxygens (including phenoxy) is 1. The lowest BCUT2D eigenvalue weighted by Gasteiger charge is -2.26. The highest BCUT2D eigenvalue weighted by Gasteiger charge is 2.30. The minimum Gasteiger partial charge on any atom is -0.497 e. The predicted octanol–water partition coefficient (Wildman–Crippen LogP) is 5.02. The van der Waals surface area contributed by atoms with Gasteiger partial charge in [-0.05, 0) is 67.4 Å². The van der Waals surface area contributed by atoms with Crippen LogP contribution in [0.3, 0.4) is 0 Å². The van der Waals surface area contributed by atoms with Gasteiger partial charge >= 0.3 is 0 Å². The summed E-state index contributed by atoms with van der Waals surface area (Å²) in [5, 5.41) is 4.81. The Hall–Kier alpha value is -1.78. The average molecular weight is 361 g/mol. The maximum absolute atomic E-state index is 6.20. The van der Waals surface area contributed by atoms with E-state index in [0.717, 1.165) is 33.7 Å². The van der Waals surface area contributed by atoms with E-state index in [9.17, 15) is 0 Å². The molecule has 24 heavy (non-hydrogen) atoms. The maximum Gasteiger partial charge on any atom is 0.173 e. The Morgan fingerprint density at radius 3 is 2.54 bits per heavy atom. The first-order valence-electron chi connectivity index (χ1n) is 8.03. The molecule has 2 aromatic carbocycles. The molecule has 0 spiro atoms. The van der Waals surface area contributed by atoms with Crippen LogP contribution in [0.5, 0.6) is 5.75 Å². The van der Waals surface area contributed by atoms with Gasteiger partial charge < -0.3 is 15.0 Å². The quantitative estimate of drug-likeness (QED) is 0.757.